The Morgan fingerprint density at radius 2 is 1.72 bits per heavy atom. The summed E-state index contributed by atoms with van der Waals surface area (Å²) in [6, 6.07) is 0. The molecule has 0 aromatic carbocycles. The van der Waals surface area contributed by atoms with Gasteiger partial charge in [-0.25, -0.2) is 0 Å². The largest absolute Gasteiger partial charge is 0.390 e. The monoisotopic (exact) mass is 255 g/mol. The van der Waals surface area contributed by atoms with Crippen LogP contribution in [0.3, 0.4) is 0 Å². The Kier molecular flexibility index (Phi) is 5.67. The van der Waals surface area contributed by atoms with Crippen LogP contribution < -0.4 is 5.32 Å². The summed E-state index contributed by atoms with van der Waals surface area (Å²) in [4.78, 5) is 0. The summed E-state index contributed by atoms with van der Waals surface area (Å²) in [7, 11) is 0. The fourth-order valence-corrected chi connectivity index (χ4v) is 3.39. The van der Waals surface area contributed by atoms with Crippen molar-refractivity contribution < 1.29 is 5.11 Å². The van der Waals surface area contributed by atoms with Crippen LogP contribution in [-0.2, 0) is 0 Å². The number of nitrogens with one attached hydrogen (secondary N) is 1. The van der Waals surface area contributed by atoms with Crippen molar-refractivity contribution >= 4 is 0 Å². The lowest BCUT2D eigenvalue weighted by Gasteiger charge is -2.41. The summed E-state index contributed by atoms with van der Waals surface area (Å²) in [5.74, 6) is 1.22. The molecule has 1 aliphatic rings. The topological polar surface area (TPSA) is 32.3 Å². The lowest BCUT2D eigenvalue weighted by molar-refractivity contribution is -0.0497. The van der Waals surface area contributed by atoms with Crippen LogP contribution in [0.2, 0.25) is 0 Å². The highest BCUT2D eigenvalue weighted by Gasteiger charge is 2.37. The van der Waals surface area contributed by atoms with Crippen molar-refractivity contribution in [2.45, 2.75) is 84.3 Å². The summed E-state index contributed by atoms with van der Waals surface area (Å²) in [5, 5.41) is 14.3. The van der Waals surface area contributed by atoms with Crippen molar-refractivity contribution in [3.8, 4) is 0 Å². The Morgan fingerprint density at radius 1 is 1.11 bits per heavy atom. The molecular weight excluding hydrogens is 222 g/mol. The zero-order valence-electron chi connectivity index (χ0n) is 13.1. The predicted octanol–water partition coefficient (Wildman–Crippen LogP) is 3.73. The van der Waals surface area contributed by atoms with Crippen LogP contribution in [0.15, 0.2) is 0 Å². The molecule has 0 spiro atoms. The van der Waals surface area contributed by atoms with Gasteiger partial charge in [-0.1, -0.05) is 32.6 Å². The first-order valence-corrected chi connectivity index (χ1v) is 7.73. The molecule has 18 heavy (non-hydrogen) atoms. The lowest BCUT2D eigenvalue weighted by atomic mass is 9.68. The minimum atomic E-state index is -0.501. The van der Waals surface area contributed by atoms with Gasteiger partial charge in [0.05, 0.1) is 5.60 Å². The van der Waals surface area contributed by atoms with Gasteiger partial charge in [0.25, 0.3) is 0 Å². The molecule has 0 aliphatic heterocycles. The average Bonchev–Trinajstić information content (AvgIpc) is 2.27. The van der Waals surface area contributed by atoms with E-state index in [1.807, 2.05) is 0 Å². The van der Waals surface area contributed by atoms with E-state index in [0.717, 1.165) is 18.9 Å². The predicted molar refractivity (Wildman–Crippen MR) is 78.7 cm³/mol. The van der Waals surface area contributed by atoms with Crippen LogP contribution in [0, 0.1) is 11.8 Å². The van der Waals surface area contributed by atoms with Crippen LogP contribution in [0.5, 0.6) is 0 Å². The van der Waals surface area contributed by atoms with E-state index in [0.29, 0.717) is 5.92 Å². The van der Waals surface area contributed by atoms with Crippen molar-refractivity contribution in [2.75, 3.05) is 6.54 Å². The molecule has 2 heteroatoms. The zero-order chi connectivity index (χ0) is 13.8. The molecule has 1 rings (SSSR count). The van der Waals surface area contributed by atoms with Gasteiger partial charge in [-0.05, 0) is 58.9 Å². The third-order valence-electron chi connectivity index (χ3n) is 4.52. The summed E-state index contributed by atoms with van der Waals surface area (Å²) in [6.45, 7) is 11.8. The molecular formula is C16H33NO. The highest BCUT2D eigenvalue weighted by molar-refractivity contribution is 4.89. The maximum atomic E-state index is 10.8. The van der Waals surface area contributed by atoms with E-state index in [1.165, 1.54) is 32.1 Å². The maximum absolute atomic E-state index is 10.8. The standard InChI is InChI=1S/C16H33NO/c1-6-13-9-7-8-10-14(13)16(5,18)11-12-17-15(2,3)4/h13-14,17-18H,6-12H2,1-5H3. The van der Waals surface area contributed by atoms with Gasteiger partial charge in [0.2, 0.25) is 0 Å². The van der Waals surface area contributed by atoms with Gasteiger partial charge in [-0.15, -0.1) is 0 Å². The van der Waals surface area contributed by atoms with Crippen molar-refractivity contribution in [3.05, 3.63) is 0 Å². The highest BCUT2D eigenvalue weighted by Crippen LogP contribution is 2.40. The van der Waals surface area contributed by atoms with Gasteiger partial charge >= 0.3 is 0 Å². The molecule has 0 radical (unpaired) electrons. The Balaban J connectivity index is 2.50. The molecule has 0 saturated heterocycles. The number of rotatable bonds is 5. The van der Waals surface area contributed by atoms with Crippen LogP contribution in [-0.4, -0.2) is 22.8 Å². The molecule has 108 valence electrons. The quantitative estimate of drug-likeness (QED) is 0.784. The van der Waals surface area contributed by atoms with E-state index in [2.05, 4.69) is 39.9 Å². The summed E-state index contributed by atoms with van der Waals surface area (Å²) in [6.07, 6.45) is 7.25. The molecule has 3 unspecified atom stereocenters. The normalized spacial score (nSPS) is 29.0. The van der Waals surface area contributed by atoms with Gasteiger partial charge in [0.15, 0.2) is 0 Å². The zero-order valence-corrected chi connectivity index (χ0v) is 13.1. The van der Waals surface area contributed by atoms with Crippen LogP contribution in [0.1, 0.15) is 73.1 Å². The minimum absolute atomic E-state index is 0.146. The first kappa shape index (κ1) is 16.0. The molecule has 0 bridgehead atoms. The Hall–Kier alpha value is -0.0800. The molecule has 1 fully saturated rings. The van der Waals surface area contributed by atoms with Crippen molar-refractivity contribution in [3.63, 3.8) is 0 Å². The molecule has 2 nitrogen and oxygen atoms in total. The van der Waals surface area contributed by atoms with E-state index in [1.54, 1.807) is 0 Å². The third-order valence-corrected chi connectivity index (χ3v) is 4.52. The molecule has 2 N–H and O–H groups in total. The molecule has 0 amide bonds. The lowest BCUT2D eigenvalue weighted by Crippen LogP contribution is -2.45. The van der Waals surface area contributed by atoms with Crippen LogP contribution >= 0.6 is 0 Å². The summed E-state index contributed by atoms with van der Waals surface area (Å²) >= 11 is 0. The fourth-order valence-electron chi connectivity index (χ4n) is 3.39. The minimum Gasteiger partial charge on any atom is -0.390 e. The Bertz CT molecular complexity index is 242. The number of aliphatic hydroxyl groups is 1. The second-order valence-electron chi connectivity index (χ2n) is 7.34. The van der Waals surface area contributed by atoms with E-state index in [9.17, 15) is 5.11 Å². The van der Waals surface area contributed by atoms with Crippen molar-refractivity contribution in [2.24, 2.45) is 11.8 Å². The van der Waals surface area contributed by atoms with Gasteiger partial charge in [-0.2, -0.15) is 0 Å². The first-order valence-electron chi connectivity index (χ1n) is 7.73. The molecule has 0 aromatic rings. The Labute approximate surface area is 114 Å². The maximum Gasteiger partial charge on any atom is 0.0662 e. The number of hydrogen-bond acceptors (Lipinski definition) is 2. The number of hydrogen-bond donors (Lipinski definition) is 2. The Morgan fingerprint density at radius 3 is 2.28 bits per heavy atom. The highest BCUT2D eigenvalue weighted by atomic mass is 16.3. The van der Waals surface area contributed by atoms with E-state index in [-0.39, 0.29) is 5.54 Å². The second-order valence-corrected chi connectivity index (χ2v) is 7.34. The fraction of sp³-hybridized carbons (Fsp3) is 1.00. The van der Waals surface area contributed by atoms with E-state index < -0.39 is 5.60 Å². The summed E-state index contributed by atoms with van der Waals surface area (Å²) in [5.41, 5.74) is -0.355. The molecule has 1 saturated carbocycles. The second kappa shape index (κ2) is 6.38. The molecule has 0 aromatic heterocycles. The van der Waals surface area contributed by atoms with Crippen molar-refractivity contribution in [1.82, 2.24) is 5.32 Å². The van der Waals surface area contributed by atoms with Gasteiger partial charge < -0.3 is 10.4 Å². The molecule has 0 heterocycles. The van der Waals surface area contributed by atoms with E-state index in [4.69, 9.17) is 0 Å². The van der Waals surface area contributed by atoms with Gasteiger partial charge in [-0.3, -0.25) is 0 Å². The average molecular weight is 255 g/mol. The van der Waals surface area contributed by atoms with Gasteiger partial charge in [0.1, 0.15) is 0 Å². The SMILES string of the molecule is CCC1CCCCC1C(C)(O)CCNC(C)(C)C. The summed E-state index contributed by atoms with van der Waals surface area (Å²) < 4.78 is 0. The third kappa shape index (κ3) is 4.89. The van der Waals surface area contributed by atoms with Crippen molar-refractivity contribution in [1.29, 1.82) is 0 Å². The van der Waals surface area contributed by atoms with Gasteiger partial charge in [0, 0.05) is 5.54 Å². The van der Waals surface area contributed by atoms with Crippen LogP contribution in [0.4, 0.5) is 0 Å². The molecule has 3 atom stereocenters. The first-order chi connectivity index (χ1) is 8.26. The molecule has 1 aliphatic carbocycles. The smallest absolute Gasteiger partial charge is 0.0662 e. The van der Waals surface area contributed by atoms with Crippen LogP contribution in [0.25, 0.3) is 0 Å². The van der Waals surface area contributed by atoms with E-state index >= 15 is 0 Å².